The Labute approximate surface area is 199 Å². The zero-order valence-corrected chi connectivity index (χ0v) is 19.8. The zero-order chi connectivity index (χ0) is 22.5. The van der Waals surface area contributed by atoms with E-state index in [0.717, 1.165) is 24.2 Å². The Morgan fingerprint density at radius 2 is 1.84 bits per heavy atom. The van der Waals surface area contributed by atoms with Crippen LogP contribution in [0, 0.1) is 0 Å². The van der Waals surface area contributed by atoms with Crippen molar-refractivity contribution in [2.75, 3.05) is 27.6 Å². The predicted octanol–water partition coefficient (Wildman–Crippen LogP) is 4.42. The molecule has 1 amide bonds. The number of fused-ring (bicyclic) bond motifs is 1. The molecule has 1 fully saturated rings. The van der Waals surface area contributed by atoms with Gasteiger partial charge < -0.3 is 9.80 Å². The van der Waals surface area contributed by atoms with Crippen molar-refractivity contribution in [2.24, 2.45) is 0 Å². The topological polar surface area (TPSA) is 82.6 Å². The third-order valence-electron chi connectivity index (χ3n) is 5.72. The molecule has 0 spiro atoms. The highest BCUT2D eigenvalue weighted by molar-refractivity contribution is 7.93. The number of anilines is 3. The van der Waals surface area contributed by atoms with Crippen LogP contribution in [0.5, 0.6) is 0 Å². The lowest BCUT2D eigenvalue weighted by Crippen LogP contribution is -2.41. The molecule has 2 aliphatic heterocycles. The molecular weight excluding hydrogens is 491 g/mol. The number of amides is 1. The van der Waals surface area contributed by atoms with Crippen LogP contribution in [0.1, 0.15) is 12.0 Å². The first-order chi connectivity index (χ1) is 15.3. The number of rotatable bonds is 5. The fourth-order valence-corrected chi connectivity index (χ4v) is 6.33. The van der Waals surface area contributed by atoms with Crippen LogP contribution in [0.2, 0.25) is 10.0 Å². The van der Waals surface area contributed by atoms with Gasteiger partial charge in [0.2, 0.25) is 5.91 Å². The Morgan fingerprint density at radius 1 is 1.09 bits per heavy atom. The average Bonchev–Trinajstić information content (AvgIpc) is 3.49. The molecule has 0 aliphatic carbocycles. The molecule has 1 N–H and O–H groups in total. The number of nitrogens with one attached hydrogen (secondary N) is 1. The maximum absolute atomic E-state index is 13.2. The Morgan fingerprint density at radius 3 is 2.56 bits per heavy atom. The lowest BCUT2D eigenvalue weighted by molar-refractivity contribution is -0.118. The van der Waals surface area contributed by atoms with Gasteiger partial charge in [0.15, 0.2) is 5.13 Å². The van der Waals surface area contributed by atoms with Gasteiger partial charge in [0, 0.05) is 36.0 Å². The van der Waals surface area contributed by atoms with Gasteiger partial charge >= 0.3 is 0 Å². The highest BCUT2D eigenvalue weighted by Crippen LogP contribution is 2.38. The quantitative estimate of drug-likeness (QED) is 0.551. The van der Waals surface area contributed by atoms with Gasteiger partial charge in [0.25, 0.3) is 10.0 Å². The second-order valence-corrected chi connectivity index (χ2v) is 11.0. The summed E-state index contributed by atoms with van der Waals surface area (Å²) in [6, 6.07) is 9.73. The first kappa shape index (κ1) is 21.5. The molecule has 32 heavy (non-hydrogen) atoms. The molecule has 3 aromatic rings. The third kappa shape index (κ3) is 3.83. The van der Waals surface area contributed by atoms with Crippen molar-refractivity contribution in [3.8, 4) is 0 Å². The fraction of sp³-hybridized carbons (Fsp3) is 0.238. The van der Waals surface area contributed by atoms with Crippen LogP contribution in [0.15, 0.2) is 52.9 Å². The molecule has 2 aliphatic rings. The number of hydrogen-bond acceptors (Lipinski definition) is 6. The molecule has 7 nitrogen and oxygen atoms in total. The zero-order valence-electron chi connectivity index (χ0n) is 16.7. The Bertz CT molecular complexity index is 1280. The maximum atomic E-state index is 13.2. The van der Waals surface area contributed by atoms with Crippen molar-refractivity contribution in [1.82, 2.24) is 4.98 Å². The van der Waals surface area contributed by atoms with Crippen molar-refractivity contribution in [1.29, 1.82) is 0 Å². The van der Waals surface area contributed by atoms with Gasteiger partial charge in [-0.3, -0.25) is 9.52 Å². The summed E-state index contributed by atoms with van der Waals surface area (Å²) in [6.07, 6.45) is 3.02. The average molecular weight is 509 g/mol. The second kappa shape index (κ2) is 8.22. The van der Waals surface area contributed by atoms with Gasteiger partial charge in [-0.1, -0.05) is 23.2 Å². The molecule has 5 rings (SSSR count). The molecule has 0 unspecified atom stereocenters. The van der Waals surface area contributed by atoms with Crippen molar-refractivity contribution in [3.05, 3.63) is 63.6 Å². The highest BCUT2D eigenvalue weighted by atomic mass is 35.5. The summed E-state index contributed by atoms with van der Waals surface area (Å²) in [5.41, 5.74) is 2.71. The van der Waals surface area contributed by atoms with Crippen LogP contribution in [-0.2, 0) is 21.2 Å². The molecular formula is C21H18Cl2N4O3S2. The largest absolute Gasteiger partial charge is 0.359 e. The van der Waals surface area contributed by atoms with Crippen molar-refractivity contribution >= 4 is 67.0 Å². The predicted molar refractivity (Wildman–Crippen MR) is 128 cm³/mol. The number of thiazole rings is 1. The van der Waals surface area contributed by atoms with Crippen LogP contribution in [-0.4, -0.2) is 38.4 Å². The van der Waals surface area contributed by atoms with E-state index in [2.05, 4.69) is 14.6 Å². The van der Waals surface area contributed by atoms with Gasteiger partial charge in [-0.05, 0) is 54.8 Å². The number of carbonyl (C=O) groups excluding carboxylic acids is 1. The van der Waals surface area contributed by atoms with Gasteiger partial charge in [-0.15, -0.1) is 11.3 Å². The number of hydrogen-bond donors (Lipinski definition) is 1. The van der Waals surface area contributed by atoms with E-state index in [1.165, 1.54) is 29.7 Å². The lowest BCUT2D eigenvalue weighted by Gasteiger charge is -2.26. The van der Waals surface area contributed by atoms with Crippen LogP contribution < -0.4 is 14.5 Å². The van der Waals surface area contributed by atoms with E-state index in [0.29, 0.717) is 33.8 Å². The summed E-state index contributed by atoms with van der Waals surface area (Å²) < 4.78 is 27.5. The van der Waals surface area contributed by atoms with Crippen LogP contribution in [0.25, 0.3) is 0 Å². The lowest BCUT2D eigenvalue weighted by atomic mass is 10.1. The summed E-state index contributed by atoms with van der Waals surface area (Å²) in [4.78, 5) is 21.1. The fourth-order valence-electron chi connectivity index (χ4n) is 4.19. The van der Waals surface area contributed by atoms with E-state index in [4.69, 9.17) is 23.2 Å². The maximum Gasteiger partial charge on any atom is 0.263 e. The first-order valence-corrected chi connectivity index (χ1v) is 13.0. The molecule has 1 atom stereocenters. The van der Waals surface area contributed by atoms with Crippen LogP contribution in [0.3, 0.4) is 0 Å². The van der Waals surface area contributed by atoms with Crippen LogP contribution in [0.4, 0.5) is 16.5 Å². The number of aromatic nitrogens is 1. The summed E-state index contributed by atoms with van der Waals surface area (Å²) in [6.45, 7) is 1.29. The van der Waals surface area contributed by atoms with E-state index < -0.39 is 10.0 Å². The Hall–Kier alpha value is -2.33. The third-order valence-corrected chi connectivity index (χ3v) is 8.61. The number of nitrogens with zero attached hydrogens (tertiary/aromatic N) is 3. The molecule has 11 heteroatoms. The first-order valence-electron chi connectivity index (χ1n) is 9.92. The van der Waals surface area contributed by atoms with Gasteiger partial charge in [-0.2, -0.15) is 0 Å². The number of sulfonamides is 1. The summed E-state index contributed by atoms with van der Waals surface area (Å²) >= 11 is 13.6. The van der Waals surface area contributed by atoms with Gasteiger partial charge in [0.05, 0.1) is 14.9 Å². The van der Waals surface area contributed by atoms with Gasteiger partial charge in [0.1, 0.15) is 6.04 Å². The molecule has 166 valence electrons. The van der Waals surface area contributed by atoms with Gasteiger partial charge in [-0.25, -0.2) is 13.4 Å². The number of carbonyl (C=O) groups is 1. The Kier molecular flexibility index (Phi) is 5.53. The molecule has 3 heterocycles. The SMILES string of the molecule is O=C1[C@@H](N2CCc3cc(Cl)c(Cl)cc32)CCN1c1ccc(S(=O)(=O)Nc2nccs2)cc1. The van der Waals surface area contributed by atoms with Crippen molar-refractivity contribution < 1.29 is 13.2 Å². The van der Waals surface area contributed by atoms with E-state index in [1.54, 1.807) is 22.4 Å². The monoisotopic (exact) mass is 508 g/mol. The van der Waals surface area contributed by atoms with Crippen molar-refractivity contribution in [3.63, 3.8) is 0 Å². The van der Waals surface area contributed by atoms with E-state index >= 15 is 0 Å². The molecule has 1 aromatic heterocycles. The van der Waals surface area contributed by atoms with E-state index in [-0.39, 0.29) is 16.8 Å². The molecule has 0 saturated carbocycles. The minimum absolute atomic E-state index is 0.0135. The summed E-state index contributed by atoms with van der Waals surface area (Å²) in [7, 11) is -3.74. The number of halogens is 2. The molecule has 0 bridgehead atoms. The normalized spacial score (nSPS) is 18.3. The molecule has 2 aromatic carbocycles. The summed E-state index contributed by atoms with van der Waals surface area (Å²) in [5, 5.41) is 2.99. The smallest absolute Gasteiger partial charge is 0.263 e. The van der Waals surface area contributed by atoms with E-state index in [1.807, 2.05) is 12.1 Å². The molecule has 0 radical (unpaired) electrons. The Balaban J connectivity index is 1.33. The minimum atomic E-state index is -3.74. The standard InChI is InChI=1S/C21H18Cl2N4O3S2/c22-16-11-13-5-8-27(19(13)12-17(16)23)18-6-9-26(20(18)28)14-1-3-15(4-2-14)32(29,30)25-21-24-7-10-31-21/h1-4,7,10-12,18H,5-6,8-9H2,(H,24,25)/t18-/m0/s1. The minimum Gasteiger partial charge on any atom is -0.359 e. The summed E-state index contributed by atoms with van der Waals surface area (Å²) in [5.74, 6) is -0.0135. The highest BCUT2D eigenvalue weighted by Gasteiger charge is 2.39. The van der Waals surface area contributed by atoms with Crippen LogP contribution >= 0.6 is 34.5 Å². The van der Waals surface area contributed by atoms with Crippen molar-refractivity contribution in [2.45, 2.75) is 23.8 Å². The molecule has 1 saturated heterocycles. The number of benzene rings is 2. The second-order valence-electron chi connectivity index (χ2n) is 7.57. The van der Waals surface area contributed by atoms with E-state index in [9.17, 15) is 13.2 Å².